The Balaban J connectivity index is 2.01. The topological polar surface area (TPSA) is 78.8 Å². The van der Waals surface area contributed by atoms with Gasteiger partial charge in [0.15, 0.2) is 5.82 Å². The van der Waals surface area contributed by atoms with Gasteiger partial charge in [-0.1, -0.05) is 26.0 Å². The summed E-state index contributed by atoms with van der Waals surface area (Å²) in [5, 5.41) is 12.3. The second-order valence-electron chi connectivity index (χ2n) is 6.26. The third kappa shape index (κ3) is 2.01. The first-order valence-corrected chi connectivity index (χ1v) is 7.13. The van der Waals surface area contributed by atoms with Crippen LogP contribution >= 0.6 is 0 Å². The van der Waals surface area contributed by atoms with Crippen LogP contribution in [0.15, 0.2) is 18.2 Å². The van der Waals surface area contributed by atoms with Crippen LogP contribution in [0.5, 0.6) is 0 Å². The van der Waals surface area contributed by atoms with Crippen LogP contribution in [0.3, 0.4) is 0 Å². The zero-order valence-electron chi connectivity index (χ0n) is 12.9. The average molecular weight is 287 g/mol. The number of rotatable bonds is 3. The Kier molecular flexibility index (Phi) is 3.20. The fourth-order valence-electron chi connectivity index (χ4n) is 3.16. The summed E-state index contributed by atoms with van der Waals surface area (Å²) in [4.78, 5) is 0. The summed E-state index contributed by atoms with van der Waals surface area (Å²) < 4.78 is 7.43. The molecule has 1 heterocycles. The summed E-state index contributed by atoms with van der Waals surface area (Å²) >= 11 is 0. The molecule has 0 radical (unpaired) electrons. The summed E-state index contributed by atoms with van der Waals surface area (Å²) in [6.07, 6.45) is 1.16. The Morgan fingerprint density at radius 3 is 2.81 bits per heavy atom. The number of nitrogens with two attached hydrogens (primary N) is 1. The Morgan fingerprint density at radius 1 is 1.38 bits per heavy atom. The molecule has 21 heavy (non-hydrogen) atoms. The van der Waals surface area contributed by atoms with Crippen molar-refractivity contribution in [1.29, 1.82) is 0 Å². The monoisotopic (exact) mass is 287 g/mol. The number of nitrogen functional groups attached to an aromatic ring is 1. The lowest BCUT2D eigenvalue weighted by Crippen LogP contribution is -2.51. The third-order valence-corrected chi connectivity index (χ3v) is 4.82. The van der Waals surface area contributed by atoms with Gasteiger partial charge in [0.25, 0.3) is 0 Å². The second-order valence-corrected chi connectivity index (χ2v) is 6.26. The minimum absolute atomic E-state index is 0.00705. The fourth-order valence-corrected chi connectivity index (χ4v) is 3.16. The SMILES string of the molecule is COC1CC(n2nnnc2-c2cccc(N)c2C)C1(C)C. The third-order valence-electron chi connectivity index (χ3n) is 4.82. The van der Waals surface area contributed by atoms with Gasteiger partial charge in [0.1, 0.15) is 0 Å². The van der Waals surface area contributed by atoms with Crippen LogP contribution in [0.2, 0.25) is 0 Å². The fraction of sp³-hybridized carbons (Fsp3) is 0.533. The molecule has 2 aromatic rings. The van der Waals surface area contributed by atoms with E-state index in [4.69, 9.17) is 10.5 Å². The van der Waals surface area contributed by atoms with E-state index in [9.17, 15) is 0 Å². The number of tetrazole rings is 1. The number of methoxy groups -OCH3 is 1. The molecule has 6 nitrogen and oxygen atoms in total. The Morgan fingerprint density at radius 2 is 2.14 bits per heavy atom. The Bertz CT molecular complexity index is 664. The summed E-state index contributed by atoms with van der Waals surface area (Å²) in [5.41, 5.74) is 8.75. The smallest absolute Gasteiger partial charge is 0.182 e. The summed E-state index contributed by atoms with van der Waals surface area (Å²) in [6, 6.07) is 6.06. The lowest BCUT2D eigenvalue weighted by Gasteiger charge is -2.50. The van der Waals surface area contributed by atoms with Gasteiger partial charge in [-0.25, -0.2) is 4.68 Å². The number of hydrogen-bond donors (Lipinski definition) is 1. The molecular weight excluding hydrogens is 266 g/mol. The van der Waals surface area contributed by atoms with Crippen molar-refractivity contribution in [2.45, 2.75) is 39.3 Å². The molecule has 0 aliphatic heterocycles. The maximum absolute atomic E-state index is 6.00. The quantitative estimate of drug-likeness (QED) is 0.876. The van der Waals surface area contributed by atoms with E-state index in [2.05, 4.69) is 29.4 Å². The number of hydrogen-bond acceptors (Lipinski definition) is 5. The maximum Gasteiger partial charge on any atom is 0.182 e. The van der Waals surface area contributed by atoms with Gasteiger partial charge >= 0.3 is 0 Å². The molecule has 1 aliphatic rings. The van der Waals surface area contributed by atoms with Gasteiger partial charge in [0, 0.05) is 23.8 Å². The van der Waals surface area contributed by atoms with Crippen molar-refractivity contribution in [3.63, 3.8) is 0 Å². The lowest BCUT2D eigenvalue weighted by molar-refractivity contribution is -0.116. The Labute approximate surface area is 124 Å². The number of anilines is 1. The van der Waals surface area contributed by atoms with Crippen LogP contribution in [-0.2, 0) is 4.74 Å². The van der Waals surface area contributed by atoms with Crippen molar-refractivity contribution >= 4 is 5.69 Å². The molecule has 0 saturated heterocycles. The predicted octanol–water partition coefficient (Wildman–Crippen LogP) is 2.22. The van der Waals surface area contributed by atoms with Crippen molar-refractivity contribution in [2.24, 2.45) is 5.41 Å². The number of nitrogens with zero attached hydrogens (tertiary/aromatic N) is 4. The van der Waals surface area contributed by atoms with Crippen molar-refractivity contribution in [2.75, 3.05) is 12.8 Å². The van der Waals surface area contributed by atoms with Gasteiger partial charge in [-0.3, -0.25) is 0 Å². The van der Waals surface area contributed by atoms with E-state index in [0.717, 1.165) is 29.1 Å². The molecule has 0 spiro atoms. The first-order chi connectivity index (χ1) is 9.96. The van der Waals surface area contributed by atoms with Crippen molar-refractivity contribution < 1.29 is 4.74 Å². The molecule has 1 aromatic carbocycles. The van der Waals surface area contributed by atoms with Crippen molar-refractivity contribution in [1.82, 2.24) is 20.2 Å². The van der Waals surface area contributed by atoms with E-state index < -0.39 is 0 Å². The van der Waals surface area contributed by atoms with Crippen LogP contribution in [-0.4, -0.2) is 33.4 Å². The van der Waals surface area contributed by atoms with Crippen LogP contribution < -0.4 is 5.73 Å². The molecule has 1 aromatic heterocycles. The normalized spacial score (nSPS) is 23.8. The van der Waals surface area contributed by atoms with Gasteiger partial charge in [0.2, 0.25) is 0 Å². The van der Waals surface area contributed by atoms with E-state index >= 15 is 0 Å². The van der Waals surface area contributed by atoms with Crippen LogP contribution in [0.1, 0.15) is 31.9 Å². The van der Waals surface area contributed by atoms with Crippen LogP contribution in [0.25, 0.3) is 11.4 Å². The molecule has 2 N–H and O–H groups in total. The van der Waals surface area contributed by atoms with Crippen molar-refractivity contribution in [3.05, 3.63) is 23.8 Å². The second kappa shape index (κ2) is 4.80. The van der Waals surface area contributed by atoms with E-state index in [-0.39, 0.29) is 17.6 Å². The maximum atomic E-state index is 6.00. The lowest BCUT2D eigenvalue weighted by atomic mass is 9.64. The molecule has 2 atom stereocenters. The highest BCUT2D eigenvalue weighted by Gasteiger charge is 2.51. The number of aromatic nitrogens is 4. The largest absolute Gasteiger partial charge is 0.398 e. The Hall–Kier alpha value is -1.95. The predicted molar refractivity (Wildman–Crippen MR) is 80.6 cm³/mol. The van der Waals surface area contributed by atoms with Crippen LogP contribution in [0, 0.1) is 12.3 Å². The minimum atomic E-state index is 0.00705. The van der Waals surface area contributed by atoms with Gasteiger partial charge in [0.05, 0.1) is 12.1 Å². The highest BCUT2D eigenvalue weighted by molar-refractivity contribution is 5.67. The van der Waals surface area contributed by atoms with Gasteiger partial charge in [-0.05, 0) is 35.4 Å². The van der Waals surface area contributed by atoms with E-state index in [1.807, 2.05) is 29.8 Å². The zero-order valence-corrected chi connectivity index (χ0v) is 12.9. The summed E-state index contributed by atoms with van der Waals surface area (Å²) in [7, 11) is 1.76. The molecule has 1 aliphatic carbocycles. The van der Waals surface area contributed by atoms with E-state index in [1.54, 1.807) is 7.11 Å². The van der Waals surface area contributed by atoms with Gasteiger partial charge in [-0.2, -0.15) is 0 Å². The molecule has 0 amide bonds. The average Bonchev–Trinajstić information content (AvgIpc) is 2.90. The van der Waals surface area contributed by atoms with Gasteiger partial charge < -0.3 is 10.5 Å². The summed E-state index contributed by atoms with van der Waals surface area (Å²) in [6.45, 7) is 6.37. The molecule has 1 saturated carbocycles. The van der Waals surface area contributed by atoms with E-state index in [0.29, 0.717) is 0 Å². The summed E-state index contributed by atoms with van der Waals surface area (Å²) in [5.74, 6) is 0.771. The number of benzene rings is 1. The number of ether oxygens (including phenoxy) is 1. The zero-order chi connectivity index (χ0) is 15.2. The standard InChI is InChI=1S/C15H21N5O/c1-9-10(6-5-7-11(9)16)14-17-18-19-20(14)12-8-13(21-4)15(12,2)3/h5-7,12-13H,8,16H2,1-4H3. The van der Waals surface area contributed by atoms with Crippen LogP contribution in [0.4, 0.5) is 5.69 Å². The molecule has 3 rings (SSSR count). The molecular formula is C15H21N5O. The first-order valence-electron chi connectivity index (χ1n) is 7.13. The first kappa shape index (κ1) is 14.0. The molecule has 6 heteroatoms. The molecule has 2 unspecified atom stereocenters. The minimum Gasteiger partial charge on any atom is -0.398 e. The highest BCUT2D eigenvalue weighted by atomic mass is 16.5. The van der Waals surface area contributed by atoms with E-state index in [1.165, 1.54) is 0 Å². The van der Waals surface area contributed by atoms with Crippen molar-refractivity contribution in [3.8, 4) is 11.4 Å². The van der Waals surface area contributed by atoms with Gasteiger partial charge in [-0.15, -0.1) is 5.10 Å². The highest BCUT2D eigenvalue weighted by Crippen LogP contribution is 2.51. The molecule has 1 fully saturated rings. The molecule has 112 valence electrons. The molecule has 0 bridgehead atoms.